The second-order valence-corrected chi connectivity index (χ2v) is 7.32. The number of thiazole rings is 1. The van der Waals surface area contributed by atoms with Gasteiger partial charge in [0.25, 0.3) is 0 Å². The van der Waals surface area contributed by atoms with Crippen molar-refractivity contribution in [1.29, 1.82) is 0 Å². The molecule has 2 heterocycles. The maximum Gasteiger partial charge on any atom is 0.424 e. The summed E-state index contributed by atoms with van der Waals surface area (Å²) in [6.45, 7) is 1.21. The standard InChI is InChI=1S/C16H21F3N4O4S/c1-9-8-28-14(22-9)15(27,16(17,18)19)6-11(24)21-7-12(25)23-5-3-4-10(23)13(26)20-2/h8,10,27H,3-7H2,1-2H3,(H,20,26)(H,21,24). The van der Waals surface area contributed by atoms with E-state index < -0.39 is 47.6 Å². The summed E-state index contributed by atoms with van der Waals surface area (Å²) in [6, 6.07) is -0.667. The Kier molecular flexibility index (Phi) is 6.65. The van der Waals surface area contributed by atoms with Gasteiger partial charge in [0.15, 0.2) is 0 Å². The number of alkyl halides is 3. The van der Waals surface area contributed by atoms with Gasteiger partial charge in [-0.05, 0) is 19.8 Å². The number of aliphatic hydroxyl groups is 1. The number of aromatic nitrogens is 1. The van der Waals surface area contributed by atoms with E-state index in [1.165, 1.54) is 24.3 Å². The molecule has 0 radical (unpaired) electrons. The van der Waals surface area contributed by atoms with Gasteiger partial charge in [-0.25, -0.2) is 4.98 Å². The zero-order valence-corrected chi connectivity index (χ0v) is 16.1. The topological polar surface area (TPSA) is 112 Å². The van der Waals surface area contributed by atoms with Crippen LogP contribution in [-0.4, -0.2) is 65.1 Å². The van der Waals surface area contributed by atoms with Crippen molar-refractivity contribution in [3.63, 3.8) is 0 Å². The molecule has 156 valence electrons. The van der Waals surface area contributed by atoms with Crippen molar-refractivity contribution >= 4 is 29.1 Å². The van der Waals surface area contributed by atoms with Crippen molar-refractivity contribution in [3.05, 3.63) is 16.1 Å². The SMILES string of the molecule is CNC(=O)C1CCCN1C(=O)CNC(=O)CC(O)(c1nc(C)cs1)C(F)(F)F. The average molecular weight is 422 g/mol. The van der Waals surface area contributed by atoms with Gasteiger partial charge >= 0.3 is 6.18 Å². The number of likely N-dealkylation sites (tertiary alicyclic amines) is 1. The fourth-order valence-electron chi connectivity index (χ4n) is 2.92. The monoisotopic (exact) mass is 422 g/mol. The molecule has 1 aliphatic heterocycles. The minimum atomic E-state index is -5.13. The lowest BCUT2D eigenvalue weighted by atomic mass is 9.99. The number of nitrogens with one attached hydrogen (secondary N) is 2. The summed E-state index contributed by atoms with van der Waals surface area (Å²) >= 11 is 0.595. The molecule has 0 saturated carbocycles. The molecule has 2 unspecified atom stereocenters. The van der Waals surface area contributed by atoms with Gasteiger partial charge in [-0.2, -0.15) is 13.2 Å². The molecule has 12 heteroatoms. The summed E-state index contributed by atoms with van der Waals surface area (Å²) < 4.78 is 40.2. The molecule has 0 bridgehead atoms. The van der Waals surface area contributed by atoms with Crippen LogP contribution in [0.1, 0.15) is 30.0 Å². The Balaban J connectivity index is 2.02. The third kappa shape index (κ3) is 4.61. The third-order valence-corrected chi connectivity index (χ3v) is 5.53. The third-order valence-electron chi connectivity index (χ3n) is 4.42. The zero-order chi connectivity index (χ0) is 21.1. The van der Waals surface area contributed by atoms with Gasteiger partial charge < -0.3 is 20.6 Å². The zero-order valence-electron chi connectivity index (χ0n) is 15.3. The Bertz CT molecular complexity index is 754. The van der Waals surface area contributed by atoms with Crippen molar-refractivity contribution in [1.82, 2.24) is 20.5 Å². The van der Waals surface area contributed by atoms with Crippen molar-refractivity contribution in [2.24, 2.45) is 0 Å². The first kappa shape index (κ1) is 22.1. The fourth-order valence-corrected chi connectivity index (χ4v) is 3.83. The first-order valence-electron chi connectivity index (χ1n) is 8.49. The van der Waals surface area contributed by atoms with E-state index in [2.05, 4.69) is 15.6 Å². The summed E-state index contributed by atoms with van der Waals surface area (Å²) in [5, 5.41) is 15.4. The summed E-state index contributed by atoms with van der Waals surface area (Å²) in [7, 11) is 1.43. The number of rotatable bonds is 6. The fraction of sp³-hybridized carbons (Fsp3) is 0.625. The largest absolute Gasteiger partial charge is 0.424 e. The molecular formula is C16H21F3N4O4S. The van der Waals surface area contributed by atoms with Crippen LogP contribution in [0.25, 0.3) is 0 Å². The molecule has 3 N–H and O–H groups in total. The quantitative estimate of drug-likeness (QED) is 0.616. The van der Waals surface area contributed by atoms with Gasteiger partial charge in [-0.1, -0.05) is 0 Å². The molecule has 1 fully saturated rings. The molecule has 1 aliphatic rings. The first-order chi connectivity index (χ1) is 13.0. The van der Waals surface area contributed by atoms with E-state index in [1.807, 2.05) is 0 Å². The molecule has 0 spiro atoms. The molecule has 8 nitrogen and oxygen atoms in total. The van der Waals surface area contributed by atoms with Crippen LogP contribution in [0, 0.1) is 6.92 Å². The number of likely N-dealkylation sites (N-methyl/N-ethyl adjacent to an activating group) is 1. The highest BCUT2D eigenvalue weighted by molar-refractivity contribution is 7.09. The van der Waals surface area contributed by atoms with Crippen molar-refractivity contribution in [2.75, 3.05) is 20.1 Å². The van der Waals surface area contributed by atoms with Gasteiger partial charge in [0.2, 0.25) is 23.3 Å². The van der Waals surface area contributed by atoms with E-state index in [4.69, 9.17) is 0 Å². The number of nitrogens with zero attached hydrogens (tertiary/aromatic N) is 2. The molecule has 2 atom stereocenters. The maximum atomic E-state index is 13.4. The minimum absolute atomic E-state index is 0.285. The molecule has 0 aromatic carbocycles. The Morgan fingerprint density at radius 1 is 1.39 bits per heavy atom. The Labute approximate surface area is 163 Å². The second-order valence-electron chi connectivity index (χ2n) is 6.46. The molecular weight excluding hydrogens is 401 g/mol. The highest BCUT2D eigenvalue weighted by Gasteiger charge is 2.58. The van der Waals surface area contributed by atoms with Gasteiger partial charge in [0, 0.05) is 24.7 Å². The van der Waals surface area contributed by atoms with Crippen LogP contribution in [-0.2, 0) is 20.0 Å². The van der Waals surface area contributed by atoms with E-state index in [0.29, 0.717) is 30.7 Å². The predicted octanol–water partition coefficient (Wildman–Crippen LogP) is 0.445. The lowest BCUT2D eigenvalue weighted by Crippen LogP contribution is -2.50. The van der Waals surface area contributed by atoms with Crippen LogP contribution in [0.5, 0.6) is 0 Å². The van der Waals surface area contributed by atoms with Crippen molar-refractivity contribution < 1.29 is 32.7 Å². The van der Waals surface area contributed by atoms with Crippen LogP contribution in [0.2, 0.25) is 0 Å². The van der Waals surface area contributed by atoms with E-state index in [-0.39, 0.29) is 11.6 Å². The van der Waals surface area contributed by atoms with Crippen LogP contribution in [0.3, 0.4) is 0 Å². The molecule has 3 amide bonds. The summed E-state index contributed by atoms with van der Waals surface area (Å²) in [5.74, 6) is -2.08. The maximum absolute atomic E-state index is 13.4. The Morgan fingerprint density at radius 3 is 2.61 bits per heavy atom. The number of aryl methyl sites for hydroxylation is 1. The normalized spacial score (nSPS) is 19.2. The molecule has 1 saturated heterocycles. The summed E-state index contributed by atoms with van der Waals surface area (Å²) in [5.41, 5.74) is -3.16. The number of hydrogen-bond donors (Lipinski definition) is 3. The number of halogens is 3. The van der Waals surface area contributed by atoms with Crippen LogP contribution < -0.4 is 10.6 Å². The van der Waals surface area contributed by atoms with Crippen LogP contribution in [0.4, 0.5) is 13.2 Å². The van der Waals surface area contributed by atoms with Gasteiger partial charge in [0.05, 0.1) is 13.0 Å². The number of carbonyl (C=O) groups excluding carboxylic acids is 3. The predicted molar refractivity (Wildman–Crippen MR) is 93.2 cm³/mol. The lowest BCUT2D eigenvalue weighted by molar-refractivity contribution is -0.267. The van der Waals surface area contributed by atoms with Gasteiger partial charge in [0.1, 0.15) is 11.0 Å². The Morgan fingerprint density at radius 2 is 2.07 bits per heavy atom. The van der Waals surface area contributed by atoms with E-state index in [1.54, 1.807) is 0 Å². The van der Waals surface area contributed by atoms with Gasteiger partial charge in [-0.3, -0.25) is 14.4 Å². The minimum Gasteiger partial charge on any atom is -0.374 e. The number of carbonyl (C=O) groups is 3. The lowest BCUT2D eigenvalue weighted by Gasteiger charge is -2.28. The molecule has 2 rings (SSSR count). The number of hydrogen-bond acceptors (Lipinski definition) is 6. The molecule has 28 heavy (non-hydrogen) atoms. The molecule has 1 aromatic rings. The summed E-state index contributed by atoms with van der Waals surface area (Å²) in [6.07, 6.45) is -5.38. The van der Waals surface area contributed by atoms with Crippen molar-refractivity contribution in [2.45, 2.75) is 44.0 Å². The molecule has 1 aromatic heterocycles. The summed E-state index contributed by atoms with van der Waals surface area (Å²) in [4.78, 5) is 41.0. The van der Waals surface area contributed by atoms with E-state index >= 15 is 0 Å². The Hall–Kier alpha value is -2.21. The number of amides is 3. The van der Waals surface area contributed by atoms with Crippen LogP contribution in [0.15, 0.2) is 5.38 Å². The molecule has 0 aliphatic carbocycles. The van der Waals surface area contributed by atoms with E-state index in [0.717, 1.165) is 0 Å². The van der Waals surface area contributed by atoms with Crippen molar-refractivity contribution in [3.8, 4) is 0 Å². The highest BCUT2D eigenvalue weighted by Crippen LogP contribution is 2.42. The van der Waals surface area contributed by atoms with E-state index in [9.17, 15) is 32.7 Å². The smallest absolute Gasteiger partial charge is 0.374 e. The van der Waals surface area contributed by atoms with Gasteiger partial charge in [-0.15, -0.1) is 11.3 Å². The van der Waals surface area contributed by atoms with Crippen LogP contribution >= 0.6 is 11.3 Å². The first-order valence-corrected chi connectivity index (χ1v) is 9.37. The second kappa shape index (κ2) is 8.43. The average Bonchev–Trinajstić information content (AvgIpc) is 3.27. The highest BCUT2D eigenvalue weighted by atomic mass is 32.1.